The maximum absolute atomic E-state index is 12.3. The molecule has 5 heteroatoms. The van der Waals surface area contributed by atoms with Crippen LogP contribution in [0.1, 0.15) is 37.2 Å². The number of amides is 1. The fourth-order valence-electron chi connectivity index (χ4n) is 3.16. The van der Waals surface area contributed by atoms with Gasteiger partial charge in [0.05, 0.1) is 0 Å². The standard InChI is InChI=1S/C18H24ClN3O/c1-12-5-7-22(8-6-12)13(2)11-20-18(23)17-9-14-3-4-15(19)10-16(14)21-17/h3-4,9-10,12-13,21H,5-8,11H2,1-2H3,(H,20,23). The predicted octanol–water partition coefficient (Wildman–Crippen LogP) is 3.67. The molecule has 1 amide bonds. The second-order valence-electron chi connectivity index (χ2n) is 6.69. The highest BCUT2D eigenvalue weighted by atomic mass is 35.5. The van der Waals surface area contributed by atoms with Crippen LogP contribution in [0.2, 0.25) is 5.02 Å². The van der Waals surface area contributed by atoms with Crippen molar-refractivity contribution >= 4 is 28.4 Å². The molecule has 2 heterocycles. The maximum atomic E-state index is 12.3. The Morgan fingerprint density at radius 3 is 2.87 bits per heavy atom. The average molecular weight is 334 g/mol. The fraction of sp³-hybridized carbons (Fsp3) is 0.500. The van der Waals surface area contributed by atoms with Crippen LogP contribution in [0.25, 0.3) is 10.9 Å². The van der Waals surface area contributed by atoms with E-state index in [4.69, 9.17) is 11.6 Å². The van der Waals surface area contributed by atoms with Gasteiger partial charge < -0.3 is 10.3 Å². The Balaban J connectivity index is 1.57. The molecule has 2 aromatic rings. The number of hydrogen-bond acceptors (Lipinski definition) is 2. The van der Waals surface area contributed by atoms with Crippen LogP contribution in [0.4, 0.5) is 0 Å². The Morgan fingerprint density at radius 2 is 2.13 bits per heavy atom. The van der Waals surface area contributed by atoms with Crippen molar-refractivity contribution in [2.75, 3.05) is 19.6 Å². The number of likely N-dealkylation sites (tertiary alicyclic amines) is 1. The molecule has 3 rings (SSSR count). The van der Waals surface area contributed by atoms with E-state index in [1.807, 2.05) is 24.3 Å². The van der Waals surface area contributed by atoms with Crippen molar-refractivity contribution in [1.29, 1.82) is 0 Å². The first-order chi connectivity index (χ1) is 11.0. The third-order valence-electron chi connectivity index (χ3n) is 4.83. The Hall–Kier alpha value is -1.52. The SMILES string of the molecule is CC1CCN(C(C)CNC(=O)c2cc3ccc(Cl)cc3[nH]2)CC1. The predicted molar refractivity (Wildman–Crippen MR) is 95.1 cm³/mol. The summed E-state index contributed by atoms with van der Waals surface area (Å²) in [5.41, 5.74) is 1.47. The van der Waals surface area contributed by atoms with Crippen molar-refractivity contribution in [2.24, 2.45) is 5.92 Å². The van der Waals surface area contributed by atoms with E-state index >= 15 is 0 Å². The smallest absolute Gasteiger partial charge is 0.267 e. The number of halogens is 1. The van der Waals surface area contributed by atoms with Crippen molar-refractivity contribution < 1.29 is 4.79 Å². The molecule has 1 atom stereocenters. The van der Waals surface area contributed by atoms with Gasteiger partial charge in [-0.25, -0.2) is 0 Å². The Bertz CT molecular complexity index is 689. The summed E-state index contributed by atoms with van der Waals surface area (Å²) in [5.74, 6) is 0.765. The molecule has 0 saturated carbocycles. The van der Waals surface area contributed by atoms with Gasteiger partial charge in [0.1, 0.15) is 5.69 Å². The molecule has 0 spiro atoms. The second kappa shape index (κ2) is 6.93. The minimum atomic E-state index is -0.0606. The number of fused-ring (bicyclic) bond motifs is 1. The molecule has 23 heavy (non-hydrogen) atoms. The zero-order valence-corrected chi connectivity index (χ0v) is 14.5. The molecule has 4 nitrogen and oxygen atoms in total. The molecule has 0 bridgehead atoms. The first-order valence-electron chi connectivity index (χ1n) is 8.33. The molecular weight excluding hydrogens is 310 g/mol. The number of nitrogens with one attached hydrogen (secondary N) is 2. The zero-order valence-electron chi connectivity index (χ0n) is 13.7. The zero-order chi connectivity index (χ0) is 16.4. The van der Waals surface area contributed by atoms with Gasteiger partial charge in [-0.2, -0.15) is 0 Å². The summed E-state index contributed by atoms with van der Waals surface area (Å²) in [6.07, 6.45) is 2.50. The van der Waals surface area contributed by atoms with Gasteiger partial charge in [0.25, 0.3) is 5.91 Å². The van der Waals surface area contributed by atoms with Crippen LogP contribution in [0.15, 0.2) is 24.3 Å². The summed E-state index contributed by atoms with van der Waals surface area (Å²) in [6, 6.07) is 7.83. The van der Waals surface area contributed by atoms with E-state index in [1.165, 1.54) is 12.8 Å². The Morgan fingerprint density at radius 1 is 1.39 bits per heavy atom. The Labute approximate surface area is 142 Å². The summed E-state index contributed by atoms with van der Waals surface area (Å²) >= 11 is 5.98. The molecule has 1 aliphatic heterocycles. The highest BCUT2D eigenvalue weighted by molar-refractivity contribution is 6.31. The number of rotatable bonds is 4. The van der Waals surface area contributed by atoms with Gasteiger partial charge in [0.2, 0.25) is 0 Å². The van der Waals surface area contributed by atoms with Gasteiger partial charge in [-0.05, 0) is 57.0 Å². The molecule has 0 aliphatic carbocycles. The van der Waals surface area contributed by atoms with Crippen LogP contribution in [-0.4, -0.2) is 41.5 Å². The molecule has 0 radical (unpaired) electrons. The van der Waals surface area contributed by atoms with E-state index in [2.05, 4.69) is 29.0 Å². The molecular formula is C18H24ClN3O. The third-order valence-corrected chi connectivity index (χ3v) is 5.06. The minimum Gasteiger partial charge on any atom is -0.350 e. The van der Waals surface area contributed by atoms with Crippen molar-refractivity contribution in [3.05, 3.63) is 35.0 Å². The number of aromatic nitrogens is 1. The van der Waals surface area contributed by atoms with Gasteiger partial charge in [-0.15, -0.1) is 0 Å². The Kier molecular flexibility index (Phi) is 4.93. The lowest BCUT2D eigenvalue weighted by molar-refractivity contribution is 0.0917. The van der Waals surface area contributed by atoms with Crippen LogP contribution in [0, 0.1) is 5.92 Å². The molecule has 124 valence electrons. The number of piperidine rings is 1. The van der Waals surface area contributed by atoms with Crippen molar-refractivity contribution in [2.45, 2.75) is 32.7 Å². The maximum Gasteiger partial charge on any atom is 0.267 e. The second-order valence-corrected chi connectivity index (χ2v) is 7.13. The lowest BCUT2D eigenvalue weighted by atomic mass is 9.98. The van der Waals surface area contributed by atoms with E-state index in [1.54, 1.807) is 0 Å². The molecule has 1 aromatic carbocycles. The number of hydrogen-bond donors (Lipinski definition) is 2. The number of carbonyl (C=O) groups excluding carboxylic acids is 1. The summed E-state index contributed by atoms with van der Waals surface area (Å²) in [5, 5.41) is 4.70. The van der Waals surface area contributed by atoms with Gasteiger partial charge in [-0.1, -0.05) is 24.6 Å². The fourth-order valence-corrected chi connectivity index (χ4v) is 3.33. The first-order valence-corrected chi connectivity index (χ1v) is 8.71. The van der Waals surface area contributed by atoms with Gasteiger partial charge in [-0.3, -0.25) is 9.69 Å². The molecule has 2 N–H and O–H groups in total. The highest BCUT2D eigenvalue weighted by Crippen LogP contribution is 2.20. The van der Waals surface area contributed by atoms with Crippen LogP contribution >= 0.6 is 11.6 Å². The van der Waals surface area contributed by atoms with Gasteiger partial charge >= 0.3 is 0 Å². The summed E-state index contributed by atoms with van der Waals surface area (Å²) in [7, 11) is 0. The topological polar surface area (TPSA) is 48.1 Å². The average Bonchev–Trinajstić information content (AvgIpc) is 2.96. The molecule has 1 aliphatic rings. The van der Waals surface area contributed by atoms with Crippen LogP contribution < -0.4 is 5.32 Å². The molecule has 1 aromatic heterocycles. The highest BCUT2D eigenvalue weighted by Gasteiger charge is 2.21. The van der Waals surface area contributed by atoms with Crippen molar-refractivity contribution in [3.63, 3.8) is 0 Å². The number of H-pyrrole nitrogens is 1. The number of nitrogens with zero attached hydrogens (tertiary/aromatic N) is 1. The number of benzene rings is 1. The lowest BCUT2D eigenvalue weighted by Gasteiger charge is -2.34. The van der Waals surface area contributed by atoms with E-state index in [0.29, 0.717) is 23.3 Å². The monoisotopic (exact) mass is 333 g/mol. The third kappa shape index (κ3) is 3.88. The lowest BCUT2D eigenvalue weighted by Crippen LogP contribution is -2.45. The summed E-state index contributed by atoms with van der Waals surface area (Å²) in [4.78, 5) is 17.9. The van der Waals surface area contributed by atoms with E-state index < -0.39 is 0 Å². The van der Waals surface area contributed by atoms with Gasteiger partial charge in [0, 0.05) is 28.5 Å². The van der Waals surface area contributed by atoms with Gasteiger partial charge in [0.15, 0.2) is 0 Å². The number of carbonyl (C=O) groups is 1. The van der Waals surface area contributed by atoms with Crippen LogP contribution in [-0.2, 0) is 0 Å². The summed E-state index contributed by atoms with van der Waals surface area (Å²) < 4.78 is 0. The summed E-state index contributed by atoms with van der Waals surface area (Å²) in [6.45, 7) is 7.42. The molecule has 1 saturated heterocycles. The van der Waals surface area contributed by atoms with E-state index in [0.717, 1.165) is 29.9 Å². The first kappa shape index (κ1) is 16.3. The molecule has 1 unspecified atom stereocenters. The quantitative estimate of drug-likeness (QED) is 0.896. The van der Waals surface area contributed by atoms with Crippen LogP contribution in [0.3, 0.4) is 0 Å². The minimum absolute atomic E-state index is 0.0606. The van der Waals surface area contributed by atoms with E-state index in [-0.39, 0.29) is 5.91 Å². The normalized spacial score (nSPS) is 18.2. The largest absolute Gasteiger partial charge is 0.350 e. The van der Waals surface area contributed by atoms with E-state index in [9.17, 15) is 4.79 Å². The number of aromatic amines is 1. The molecule has 1 fully saturated rings. The van der Waals surface area contributed by atoms with Crippen molar-refractivity contribution in [1.82, 2.24) is 15.2 Å². The van der Waals surface area contributed by atoms with Crippen molar-refractivity contribution in [3.8, 4) is 0 Å². The van der Waals surface area contributed by atoms with Crippen LogP contribution in [0.5, 0.6) is 0 Å².